The summed E-state index contributed by atoms with van der Waals surface area (Å²) < 4.78 is 5.27. The molecule has 0 heterocycles. The van der Waals surface area contributed by atoms with Gasteiger partial charge in [0.05, 0.1) is 12.5 Å². The fourth-order valence-corrected chi connectivity index (χ4v) is 3.07. The van der Waals surface area contributed by atoms with Crippen LogP contribution in [0.3, 0.4) is 0 Å². The summed E-state index contributed by atoms with van der Waals surface area (Å²) in [5.74, 6) is 0.713. The number of hydrogen-bond donors (Lipinski definition) is 2. The average molecular weight is 297 g/mol. The van der Waals surface area contributed by atoms with Crippen LogP contribution < -0.4 is 15.8 Å². The van der Waals surface area contributed by atoms with Gasteiger partial charge in [-0.25, -0.2) is 0 Å². The van der Waals surface area contributed by atoms with Crippen molar-refractivity contribution in [2.24, 2.45) is 11.1 Å². The molecular weight excluding hydrogens is 276 g/mol. The number of benzene rings is 1. The SMILES string of the molecule is COc1cccc(Cl)c1CNC(=O)C1(CN)CCCC1. The number of rotatable bonds is 5. The summed E-state index contributed by atoms with van der Waals surface area (Å²) in [6.07, 6.45) is 3.88. The Balaban J connectivity index is 2.07. The summed E-state index contributed by atoms with van der Waals surface area (Å²) in [7, 11) is 1.59. The van der Waals surface area contributed by atoms with E-state index in [0.29, 0.717) is 23.9 Å². The first-order chi connectivity index (χ1) is 9.63. The first-order valence-corrected chi connectivity index (χ1v) is 7.30. The molecule has 20 heavy (non-hydrogen) atoms. The first-order valence-electron chi connectivity index (χ1n) is 6.93. The van der Waals surface area contributed by atoms with Crippen LogP contribution in [0.2, 0.25) is 5.02 Å². The lowest BCUT2D eigenvalue weighted by Gasteiger charge is -2.26. The minimum absolute atomic E-state index is 0.0273. The second-order valence-corrected chi connectivity index (χ2v) is 5.70. The largest absolute Gasteiger partial charge is 0.496 e. The number of halogens is 1. The fourth-order valence-electron chi connectivity index (χ4n) is 2.83. The maximum atomic E-state index is 12.4. The Labute approximate surface area is 124 Å². The van der Waals surface area contributed by atoms with Crippen molar-refractivity contribution in [1.29, 1.82) is 0 Å². The third-order valence-electron chi connectivity index (χ3n) is 4.15. The molecule has 1 fully saturated rings. The molecule has 1 amide bonds. The van der Waals surface area contributed by atoms with Crippen molar-refractivity contribution in [3.8, 4) is 5.75 Å². The van der Waals surface area contributed by atoms with Gasteiger partial charge in [0.15, 0.2) is 0 Å². The van der Waals surface area contributed by atoms with Gasteiger partial charge in [0.1, 0.15) is 5.75 Å². The molecule has 1 aliphatic carbocycles. The molecule has 0 unspecified atom stereocenters. The van der Waals surface area contributed by atoms with Gasteiger partial charge in [-0.2, -0.15) is 0 Å². The lowest BCUT2D eigenvalue weighted by atomic mass is 9.85. The van der Waals surface area contributed by atoms with Crippen LogP contribution in [-0.4, -0.2) is 19.6 Å². The van der Waals surface area contributed by atoms with Gasteiger partial charge in [0.2, 0.25) is 5.91 Å². The number of carbonyl (C=O) groups excluding carboxylic acids is 1. The van der Waals surface area contributed by atoms with Crippen LogP contribution in [0.4, 0.5) is 0 Å². The number of ether oxygens (including phenoxy) is 1. The van der Waals surface area contributed by atoms with Crippen LogP contribution in [0, 0.1) is 5.41 Å². The molecule has 0 atom stereocenters. The lowest BCUT2D eigenvalue weighted by Crippen LogP contribution is -2.43. The second-order valence-electron chi connectivity index (χ2n) is 5.29. The molecule has 110 valence electrons. The highest BCUT2D eigenvalue weighted by molar-refractivity contribution is 6.31. The van der Waals surface area contributed by atoms with Gasteiger partial charge in [-0.1, -0.05) is 30.5 Å². The van der Waals surface area contributed by atoms with Gasteiger partial charge in [0.25, 0.3) is 0 Å². The van der Waals surface area contributed by atoms with Crippen LogP contribution in [-0.2, 0) is 11.3 Å². The maximum Gasteiger partial charge on any atom is 0.227 e. The molecule has 0 radical (unpaired) electrons. The number of nitrogens with one attached hydrogen (secondary N) is 1. The molecule has 0 aliphatic heterocycles. The number of carbonyl (C=O) groups is 1. The quantitative estimate of drug-likeness (QED) is 0.877. The third-order valence-corrected chi connectivity index (χ3v) is 4.51. The van der Waals surface area contributed by atoms with E-state index in [0.717, 1.165) is 31.2 Å². The molecule has 2 rings (SSSR count). The van der Waals surface area contributed by atoms with E-state index < -0.39 is 5.41 Å². The van der Waals surface area contributed by atoms with Crippen molar-refractivity contribution < 1.29 is 9.53 Å². The average Bonchev–Trinajstić information content (AvgIpc) is 2.95. The first kappa shape index (κ1) is 15.1. The van der Waals surface area contributed by atoms with Gasteiger partial charge >= 0.3 is 0 Å². The Morgan fingerprint density at radius 2 is 2.15 bits per heavy atom. The molecule has 3 N–H and O–H groups in total. The molecule has 0 spiro atoms. The summed E-state index contributed by atoms with van der Waals surface area (Å²) in [5, 5.41) is 3.56. The second kappa shape index (κ2) is 6.46. The summed E-state index contributed by atoms with van der Waals surface area (Å²) in [6, 6.07) is 5.45. The summed E-state index contributed by atoms with van der Waals surface area (Å²) in [6.45, 7) is 0.766. The van der Waals surface area contributed by atoms with Crippen LogP contribution >= 0.6 is 11.6 Å². The molecule has 1 aliphatic rings. The zero-order valence-electron chi connectivity index (χ0n) is 11.7. The van der Waals surface area contributed by atoms with E-state index in [-0.39, 0.29) is 5.91 Å². The predicted molar refractivity (Wildman–Crippen MR) is 79.8 cm³/mol. The van der Waals surface area contributed by atoms with E-state index in [9.17, 15) is 4.79 Å². The highest BCUT2D eigenvalue weighted by atomic mass is 35.5. The number of nitrogens with two attached hydrogens (primary N) is 1. The molecule has 5 heteroatoms. The lowest BCUT2D eigenvalue weighted by molar-refractivity contribution is -0.130. The van der Waals surface area contributed by atoms with E-state index in [1.165, 1.54) is 0 Å². The normalized spacial score (nSPS) is 16.9. The molecule has 4 nitrogen and oxygen atoms in total. The minimum Gasteiger partial charge on any atom is -0.496 e. The molecule has 1 saturated carbocycles. The Kier molecular flexibility index (Phi) is 4.89. The third kappa shape index (κ3) is 2.91. The van der Waals surface area contributed by atoms with Crippen molar-refractivity contribution in [3.63, 3.8) is 0 Å². The van der Waals surface area contributed by atoms with E-state index in [1.54, 1.807) is 13.2 Å². The van der Waals surface area contributed by atoms with Gasteiger partial charge < -0.3 is 15.8 Å². The fraction of sp³-hybridized carbons (Fsp3) is 0.533. The monoisotopic (exact) mass is 296 g/mol. The Morgan fingerprint density at radius 1 is 1.45 bits per heavy atom. The highest BCUT2D eigenvalue weighted by Crippen LogP contribution is 2.37. The number of amides is 1. The zero-order chi connectivity index (χ0) is 14.6. The smallest absolute Gasteiger partial charge is 0.227 e. The number of methoxy groups -OCH3 is 1. The highest BCUT2D eigenvalue weighted by Gasteiger charge is 2.39. The Hall–Kier alpha value is -1.26. The summed E-state index contributed by atoms with van der Waals surface area (Å²) >= 11 is 6.16. The van der Waals surface area contributed by atoms with Gasteiger partial charge in [0, 0.05) is 23.7 Å². The van der Waals surface area contributed by atoms with Crippen LogP contribution in [0.15, 0.2) is 18.2 Å². The zero-order valence-corrected chi connectivity index (χ0v) is 12.5. The van der Waals surface area contributed by atoms with E-state index in [4.69, 9.17) is 22.1 Å². The molecular formula is C15H21ClN2O2. The van der Waals surface area contributed by atoms with Crippen molar-refractivity contribution in [1.82, 2.24) is 5.32 Å². The van der Waals surface area contributed by atoms with Crippen molar-refractivity contribution in [2.75, 3.05) is 13.7 Å². The van der Waals surface area contributed by atoms with Crippen molar-refractivity contribution in [3.05, 3.63) is 28.8 Å². The van der Waals surface area contributed by atoms with Crippen LogP contribution in [0.5, 0.6) is 5.75 Å². The van der Waals surface area contributed by atoms with Crippen molar-refractivity contribution >= 4 is 17.5 Å². The topological polar surface area (TPSA) is 64.3 Å². The summed E-state index contributed by atoms with van der Waals surface area (Å²) in [5.41, 5.74) is 6.22. The standard InChI is InChI=1S/C15H21ClN2O2/c1-20-13-6-4-5-12(16)11(13)9-18-14(19)15(10-17)7-2-3-8-15/h4-6H,2-3,7-10,17H2,1H3,(H,18,19). The predicted octanol–water partition coefficient (Wildman–Crippen LogP) is 2.48. The van der Waals surface area contributed by atoms with Gasteiger partial charge in [-0.15, -0.1) is 0 Å². The molecule has 1 aromatic rings. The molecule has 0 saturated heterocycles. The number of hydrogen-bond acceptors (Lipinski definition) is 3. The van der Waals surface area contributed by atoms with E-state index >= 15 is 0 Å². The van der Waals surface area contributed by atoms with Crippen LogP contribution in [0.1, 0.15) is 31.2 Å². The molecule has 0 aromatic heterocycles. The van der Waals surface area contributed by atoms with E-state index in [1.807, 2.05) is 12.1 Å². The van der Waals surface area contributed by atoms with Gasteiger partial charge in [-0.3, -0.25) is 4.79 Å². The maximum absolute atomic E-state index is 12.4. The minimum atomic E-state index is -0.394. The van der Waals surface area contributed by atoms with Crippen LogP contribution in [0.25, 0.3) is 0 Å². The Bertz CT molecular complexity index is 485. The molecule has 0 bridgehead atoms. The van der Waals surface area contributed by atoms with Crippen molar-refractivity contribution in [2.45, 2.75) is 32.2 Å². The summed E-state index contributed by atoms with van der Waals surface area (Å²) in [4.78, 5) is 12.4. The molecule has 1 aromatic carbocycles. The van der Waals surface area contributed by atoms with E-state index in [2.05, 4.69) is 5.32 Å². The Morgan fingerprint density at radius 3 is 2.75 bits per heavy atom. The van der Waals surface area contributed by atoms with Gasteiger partial charge in [-0.05, 0) is 25.0 Å².